The van der Waals surface area contributed by atoms with Gasteiger partial charge < -0.3 is 15.7 Å². The summed E-state index contributed by atoms with van der Waals surface area (Å²) in [5.74, 6) is 0.426. The van der Waals surface area contributed by atoms with Crippen molar-refractivity contribution < 1.29 is 9.90 Å². The number of amides is 2. The predicted molar refractivity (Wildman–Crippen MR) is 78.1 cm³/mol. The number of halogens is 1. The molecule has 4 nitrogen and oxygen atoms in total. The first kappa shape index (κ1) is 14.3. The van der Waals surface area contributed by atoms with E-state index in [-0.39, 0.29) is 18.2 Å². The van der Waals surface area contributed by atoms with Gasteiger partial charge in [-0.3, -0.25) is 0 Å². The van der Waals surface area contributed by atoms with Gasteiger partial charge in [0, 0.05) is 23.0 Å². The molecule has 1 aliphatic carbocycles. The van der Waals surface area contributed by atoms with Crippen molar-refractivity contribution in [1.29, 1.82) is 0 Å². The molecule has 1 saturated carbocycles. The van der Waals surface area contributed by atoms with Crippen molar-refractivity contribution in [2.45, 2.75) is 37.8 Å². The predicted octanol–water partition coefficient (Wildman–Crippen LogP) is 2.38. The molecule has 1 aliphatic rings. The van der Waals surface area contributed by atoms with Gasteiger partial charge in [-0.1, -0.05) is 28.1 Å². The van der Waals surface area contributed by atoms with Gasteiger partial charge >= 0.3 is 6.03 Å². The molecule has 19 heavy (non-hydrogen) atoms. The normalized spacial score (nSPS) is 22.7. The van der Waals surface area contributed by atoms with E-state index in [1.165, 1.54) is 5.56 Å². The Morgan fingerprint density at radius 3 is 2.79 bits per heavy atom. The molecule has 0 saturated heterocycles. The van der Waals surface area contributed by atoms with Gasteiger partial charge in [-0.05, 0) is 37.5 Å². The van der Waals surface area contributed by atoms with Crippen molar-refractivity contribution in [3.8, 4) is 0 Å². The molecule has 0 spiro atoms. The summed E-state index contributed by atoms with van der Waals surface area (Å²) in [5.41, 5.74) is 1.26. The third-order valence-electron chi connectivity index (χ3n) is 3.25. The lowest BCUT2D eigenvalue weighted by Gasteiger charge is -2.08. The second-order valence-corrected chi connectivity index (χ2v) is 5.95. The number of carbonyl (C=O) groups excluding carboxylic acids is 1. The second-order valence-electron chi connectivity index (χ2n) is 5.04. The van der Waals surface area contributed by atoms with Crippen LogP contribution in [0.25, 0.3) is 0 Å². The minimum absolute atomic E-state index is 0.148. The molecule has 0 bridgehead atoms. The summed E-state index contributed by atoms with van der Waals surface area (Å²) in [5, 5.41) is 14.8. The van der Waals surface area contributed by atoms with Crippen molar-refractivity contribution in [3.63, 3.8) is 0 Å². The lowest BCUT2D eigenvalue weighted by molar-refractivity contribution is 0.183. The van der Waals surface area contributed by atoms with Gasteiger partial charge in [-0.25, -0.2) is 4.79 Å². The summed E-state index contributed by atoms with van der Waals surface area (Å²) >= 11 is 3.41. The number of nitrogens with one attached hydrogen (secondary N) is 2. The first-order valence-electron chi connectivity index (χ1n) is 6.54. The molecular weight excluding hydrogens is 308 g/mol. The molecule has 104 valence electrons. The van der Waals surface area contributed by atoms with Crippen LogP contribution in [0.1, 0.15) is 31.2 Å². The van der Waals surface area contributed by atoms with Crippen LogP contribution >= 0.6 is 15.9 Å². The van der Waals surface area contributed by atoms with Crippen LogP contribution in [-0.2, 0) is 0 Å². The van der Waals surface area contributed by atoms with E-state index in [1.807, 2.05) is 12.1 Å². The second kappa shape index (κ2) is 6.39. The van der Waals surface area contributed by atoms with Crippen molar-refractivity contribution in [3.05, 3.63) is 34.3 Å². The fourth-order valence-electron chi connectivity index (χ4n) is 2.05. The van der Waals surface area contributed by atoms with Gasteiger partial charge in [0.2, 0.25) is 0 Å². The van der Waals surface area contributed by atoms with Gasteiger partial charge in [0.05, 0.1) is 6.10 Å². The van der Waals surface area contributed by atoms with Crippen LogP contribution in [0.3, 0.4) is 0 Å². The Hall–Kier alpha value is -1.07. The number of hydrogen-bond donors (Lipinski definition) is 3. The van der Waals surface area contributed by atoms with E-state index in [2.05, 4.69) is 38.7 Å². The van der Waals surface area contributed by atoms with Gasteiger partial charge in [-0.2, -0.15) is 0 Å². The zero-order chi connectivity index (χ0) is 13.8. The van der Waals surface area contributed by atoms with Crippen LogP contribution in [0.15, 0.2) is 28.7 Å². The highest BCUT2D eigenvalue weighted by molar-refractivity contribution is 9.10. The minimum Gasteiger partial charge on any atom is -0.393 e. The monoisotopic (exact) mass is 326 g/mol. The van der Waals surface area contributed by atoms with Crippen molar-refractivity contribution >= 4 is 22.0 Å². The average Bonchev–Trinajstić information content (AvgIpc) is 3.08. The molecule has 3 unspecified atom stereocenters. The number of aliphatic hydroxyl groups is 1. The molecule has 0 radical (unpaired) electrons. The molecule has 1 fully saturated rings. The van der Waals surface area contributed by atoms with Crippen LogP contribution in [0.2, 0.25) is 0 Å². The maximum Gasteiger partial charge on any atom is 0.315 e. The van der Waals surface area contributed by atoms with Crippen molar-refractivity contribution in [2.24, 2.45) is 0 Å². The molecule has 3 N–H and O–H groups in total. The van der Waals surface area contributed by atoms with E-state index in [0.717, 1.165) is 10.9 Å². The van der Waals surface area contributed by atoms with E-state index in [9.17, 15) is 4.79 Å². The standard InChI is InChI=1S/C14H19BrN2O2/c1-9(18)6-7-16-14(19)17-13-8-12(13)10-2-4-11(15)5-3-10/h2-5,9,12-13,18H,6-8H2,1H3,(H2,16,17,19). The minimum atomic E-state index is -0.378. The fraction of sp³-hybridized carbons (Fsp3) is 0.500. The number of hydrogen-bond acceptors (Lipinski definition) is 2. The Labute approximate surface area is 121 Å². The molecule has 0 aliphatic heterocycles. The Kier molecular flexibility index (Phi) is 4.82. The molecule has 1 aromatic rings. The summed E-state index contributed by atoms with van der Waals surface area (Å²) in [7, 11) is 0. The SMILES string of the molecule is CC(O)CCNC(=O)NC1CC1c1ccc(Br)cc1. The summed E-state index contributed by atoms with van der Waals surface area (Å²) in [6.07, 6.45) is 1.19. The third-order valence-corrected chi connectivity index (χ3v) is 3.78. The van der Waals surface area contributed by atoms with Crippen LogP contribution < -0.4 is 10.6 Å². The first-order valence-corrected chi connectivity index (χ1v) is 7.33. The Morgan fingerprint density at radius 1 is 1.47 bits per heavy atom. The largest absolute Gasteiger partial charge is 0.393 e. The molecule has 1 aromatic carbocycles. The number of carbonyl (C=O) groups is 1. The number of aliphatic hydroxyl groups excluding tert-OH is 1. The number of benzene rings is 1. The van der Waals surface area contributed by atoms with Crippen molar-refractivity contribution in [1.82, 2.24) is 10.6 Å². The van der Waals surface area contributed by atoms with Crippen molar-refractivity contribution in [2.75, 3.05) is 6.54 Å². The van der Waals surface area contributed by atoms with Crippen LogP contribution in [0.4, 0.5) is 4.79 Å². The summed E-state index contributed by atoms with van der Waals surface area (Å²) in [4.78, 5) is 11.6. The lowest BCUT2D eigenvalue weighted by atomic mass is 10.1. The van der Waals surface area contributed by atoms with E-state index in [1.54, 1.807) is 6.92 Å². The quantitative estimate of drug-likeness (QED) is 0.778. The molecule has 0 aromatic heterocycles. The maximum atomic E-state index is 11.6. The Morgan fingerprint density at radius 2 is 2.16 bits per heavy atom. The van der Waals surface area contributed by atoms with Gasteiger partial charge in [-0.15, -0.1) is 0 Å². The van der Waals surface area contributed by atoms with E-state index >= 15 is 0 Å². The molecule has 3 atom stereocenters. The third kappa shape index (κ3) is 4.51. The highest BCUT2D eigenvalue weighted by atomic mass is 79.9. The van der Waals surface area contributed by atoms with E-state index < -0.39 is 0 Å². The molecular formula is C14H19BrN2O2. The van der Waals surface area contributed by atoms with Gasteiger partial charge in [0.25, 0.3) is 0 Å². The number of urea groups is 1. The Bertz CT molecular complexity index is 434. The maximum absolute atomic E-state index is 11.6. The zero-order valence-electron chi connectivity index (χ0n) is 10.9. The topological polar surface area (TPSA) is 61.4 Å². The van der Waals surface area contributed by atoms with Crippen LogP contribution in [-0.4, -0.2) is 29.8 Å². The fourth-order valence-corrected chi connectivity index (χ4v) is 2.31. The average molecular weight is 327 g/mol. The number of rotatable bonds is 5. The summed E-state index contributed by atoms with van der Waals surface area (Å²) in [6.45, 7) is 2.21. The van der Waals surface area contributed by atoms with Crippen LogP contribution in [0.5, 0.6) is 0 Å². The van der Waals surface area contributed by atoms with Crippen LogP contribution in [0, 0.1) is 0 Å². The Balaban J connectivity index is 1.71. The molecule has 2 rings (SSSR count). The first-order chi connectivity index (χ1) is 9.06. The highest BCUT2D eigenvalue weighted by Gasteiger charge is 2.39. The zero-order valence-corrected chi connectivity index (χ0v) is 12.5. The lowest BCUT2D eigenvalue weighted by Crippen LogP contribution is -2.38. The van der Waals surface area contributed by atoms with Gasteiger partial charge in [0.15, 0.2) is 0 Å². The smallest absolute Gasteiger partial charge is 0.315 e. The molecule has 2 amide bonds. The molecule has 5 heteroatoms. The molecule has 0 heterocycles. The van der Waals surface area contributed by atoms with E-state index in [0.29, 0.717) is 18.9 Å². The van der Waals surface area contributed by atoms with Gasteiger partial charge in [0.1, 0.15) is 0 Å². The van der Waals surface area contributed by atoms with E-state index in [4.69, 9.17) is 5.11 Å². The summed E-state index contributed by atoms with van der Waals surface area (Å²) < 4.78 is 1.07. The highest BCUT2D eigenvalue weighted by Crippen LogP contribution is 2.40. The summed E-state index contributed by atoms with van der Waals surface area (Å²) in [6, 6.07) is 8.29.